The number of carbonyl (C=O) groups is 3. The van der Waals surface area contributed by atoms with Crippen molar-refractivity contribution >= 4 is 39.3 Å². The highest BCUT2D eigenvalue weighted by atomic mass is 32.1. The van der Waals surface area contributed by atoms with Crippen LogP contribution in [0, 0.1) is 11.8 Å². The number of aromatic nitrogens is 1. The molecular weight excluding hydrogens is 424 g/mol. The fourth-order valence-electron chi connectivity index (χ4n) is 5.40. The standard InChI is InChI=1S/C24H30N4O3S/c1-16(22-25-19-8-4-5-9-20(19)32-22)26-12-14-27(15-13-26)21(29)10-11-28-23(30)17-6-2-3-7-18(17)24(28)31/h4-5,8-9,16-18H,2-3,6-7,10-15H2,1H3/t16-,17-,18+/m1/s1. The van der Waals surface area contributed by atoms with Gasteiger partial charge in [-0.2, -0.15) is 0 Å². The number of nitrogens with zero attached hydrogens (tertiary/aromatic N) is 4. The minimum absolute atomic E-state index is 0.0350. The number of piperazine rings is 1. The van der Waals surface area contributed by atoms with Crippen LogP contribution < -0.4 is 0 Å². The molecule has 2 aliphatic heterocycles. The van der Waals surface area contributed by atoms with Gasteiger partial charge in [0.15, 0.2) is 0 Å². The van der Waals surface area contributed by atoms with Crippen molar-refractivity contribution in [3.05, 3.63) is 29.3 Å². The van der Waals surface area contributed by atoms with Gasteiger partial charge in [-0.3, -0.25) is 24.2 Å². The number of hydrogen-bond donors (Lipinski definition) is 0. The predicted molar refractivity (Wildman–Crippen MR) is 123 cm³/mol. The third-order valence-corrected chi connectivity index (χ3v) is 8.57. The Bertz CT molecular complexity index is 972. The second kappa shape index (κ2) is 8.90. The number of para-hydroxylation sites is 1. The number of rotatable bonds is 5. The second-order valence-corrected chi connectivity index (χ2v) is 10.3. The normalized spacial score (nSPS) is 25.4. The van der Waals surface area contributed by atoms with Gasteiger partial charge in [0.1, 0.15) is 5.01 Å². The van der Waals surface area contributed by atoms with Crippen molar-refractivity contribution in [2.75, 3.05) is 32.7 Å². The molecule has 1 aliphatic carbocycles. The van der Waals surface area contributed by atoms with Crippen LogP contribution in [0.3, 0.4) is 0 Å². The lowest BCUT2D eigenvalue weighted by atomic mass is 9.81. The first-order chi connectivity index (χ1) is 15.5. The molecule has 3 aliphatic rings. The van der Waals surface area contributed by atoms with Crippen LogP contribution >= 0.6 is 11.3 Å². The second-order valence-electron chi connectivity index (χ2n) is 9.19. The van der Waals surface area contributed by atoms with E-state index >= 15 is 0 Å². The van der Waals surface area contributed by atoms with Crippen molar-refractivity contribution in [1.82, 2.24) is 19.7 Å². The first-order valence-electron chi connectivity index (χ1n) is 11.8. The quantitative estimate of drug-likeness (QED) is 0.649. The molecule has 8 heteroatoms. The number of fused-ring (bicyclic) bond motifs is 2. The Morgan fingerprint density at radius 1 is 1.06 bits per heavy atom. The summed E-state index contributed by atoms with van der Waals surface area (Å²) < 4.78 is 1.20. The maximum Gasteiger partial charge on any atom is 0.233 e. The minimum atomic E-state index is -0.140. The van der Waals surface area contributed by atoms with E-state index in [1.807, 2.05) is 23.1 Å². The van der Waals surface area contributed by atoms with E-state index in [0.29, 0.717) is 13.1 Å². The largest absolute Gasteiger partial charge is 0.340 e. The maximum absolute atomic E-state index is 12.8. The Hall–Kier alpha value is -2.32. The molecule has 32 heavy (non-hydrogen) atoms. The summed E-state index contributed by atoms with van der Waals surface area (Å²) in [5, 5.41) is 1.11. The molecule has 0 N–H and O–H groups in total. The molecule has 0 bridgehead atoms. The third-order valence-electron chi connectivity index (χ3n) is 7.36. The van der Waals surface area contributed by atoms with Gasteiger partial charge in [0.25, 0.3) is 0 Å². The summed E-state index contributed by atoms with van der Waals surface area (Å²) in [6.45, 7) is 5.34. The number of benzene rings is 1. The molecule has 3 amide bonds. The van der Waals surface area contributed by atoms with Crippen LogP contribution in [0.25, 0.3) is 10.2 Å². The predicted octanol–water partition coefficient (Wildman–Crippen LogP) is 3.07. The lowest BCUT2D eigenvalue weighted by Gasteiger charge is -2.37. The lowest BCUT2D eigenvalue weighted by Crippen LogP contribution is -2.49. The molecule has 2 aromatic rings. The van der Waals surface area contributed by atoms with E-state index in [2.05, 4.69) is 17.9 Å². The Labute approximate surface area is 192 Å². The van der Waals surface area contributed by atoms with Crippen molar-refractivity contribution < 1.29 is 14.4 Å². The maximum atomic E-state index is 12.8. The average molecular weight is 455 g/mol. The van der Waals surface area contributed by atoms with Gasteiger partial charge in [-0.25, -0.2) is 4.98 Å². The summed E-state index contributed by atoms with van der Waals surface area (Å²) >= 11 is 1.73. The molecule has 3 fully saturated rings. The topological polar surface area (TPSA) is 73.8 Å². The van der Waals surface area contributed by atoms with E-state index in [4.69, 9.17) is 4.98 Å². The van der Waals surface area contributed by atoms with Crippen molar-refractivity contribution in [3.8, 4) is 0 Å². The zero-order valence-electron chi connectivity index (χ0n) is 18.5. The fourth-order valence-corrected chi connectivity index (χ4v) is 6.45. The summed E-state index contributed by atoms with van der Waals surface area (Å²) in [4.78, 5) is 48.4. The number of imide groups is 1. The zero-order chi connectivity index (χ0) is 22.2. The first kappa shape index (κ1) is 21.5. The van der Waals surface area contributed by atoms with E-state index in [9.17, 15) is 14.4 Å². The van der Waals surface area contributed by atoms with Crippen LogP contribution in [0.1, 0.15) is 50.1 Å². The number of likely N-dealkylation sites (tertiary alicyclic amines) is 1. The van der Waals surface area contributed by atoms with Gasteiger partial charge in [-0.05, 0) is 31.9 Å². The molecule has 0 spiro atoms. The van der Waals surface area contributed by atoms with Gasteiger partial charge < -0.3 is 4.90 Å². The van der Waals surface area contributed by atoms with Gasteiger partial charge in [0.05, 0.1) is 28.1 Å². The van der Waals surface area contributed by atoms with Crippen molar-refractivity contribution in [2.24, 2.45) is 11.8 Å². The van der Waals surface area contributed by atoms with Crippen LogP contribution in [-0.2, 0) is 14.4 Å². The number of carbonyl (C=O) groups excluding carboxylic acids is 3. The Morgan fingerprint density at radius 3 is 2.38 bits per heavy atom. The van der Waals surface area contributed by atoms with E-state index in [0.717, 1.165) is 49.3 Å². The van der Waals surface area contributed by atoms with Crippen LogP contribution in [0.15, 0.2) is 24.3 Å². The molecule has 3 atom stereocenters. The lowest BCUT2D eigenvalue weighted by molar-refractivity contribution is -0.141. The fraction of sp³-hybridized carbons (Fsp3) is 0.583. The van der Waals surface area contributed by atoms with E-state index < -0.39 is 0 Å². The summed E-state index contributed by atoms with van der Waals surface area (Å²) in [6.07, 6.45) is 3.90. The highest BCUT2D eigenvalue weighted by Crippen LogP contribution is 2.38. The van der Waals surface area contributed by atoms with Gasteiger partial charge in [-0.15, -0.1) is 11.3 Å². The van der Waals surface area contributed by atoms with Crippen LogP contribution in [0.4, 0.5) is 0 Å². The van der Waals surface area contributed by atoms with Crippen LogP contribution in [-0.4, -0.2) is 70.1 Å². The molecule has 0 radical (unpaired) electrons. The number of thiazole rings is 1. The molecule has 7 nitrogen and oxygen atoms in total. The molecule has 5 rings (SSSR count). The highest BCUT2D eigenvalue weighted by Gasteiger charge is 2.47. The molecule has 1 aromatic carbocycles. The van der Waals surface area contributed by atoms with E-state index in [1.165, 1.54) is 9.60 Å². The summed E-state index contributed by atoms with van der Waals surface area (Å²) in [5.74, 6) is -0.352. The molecule has 170 valence electrons. The first-order valence-corrected chi connectivity index (χ1v) is 12.6. The Morgan fingerprint density at radius 2 is 1.72 bits per heavy atom. The van der Waals surface area contributed by atoms with E-state index in [1.54, 1.807) is 11.3 Å². The average Bonchev–Trinajstić information content (AvgIpc) is 3.37. The van der Waals surface area contributed by atoms with Gasteiger partial charge in [-0.1, -0.05) is 25.0 Å². The van der Waals surface area contributed by atoms with Gasteiger partial charge in [0.2, 0.25) is 17.7 Å². The number of hydrogen-bond acceptors (Lipinski definition) is 6. The molecular formula is C24H30N4O3S. The Kier molecular flexibility index (Phi) is 5.99. The van der Waals surface area contributed by atoms with Crippen molar-refractivity contribution in [3.63, 3.8) is 0 Å². The van der Waals surface area contributed by atoms with Crippen LogP contribution in [0.2, 0.25) is 0 Å². The SMILES string of the molecule is C[C@H](c1nc2ccccc2s1)N1CCN(C(=O)CCN2C(=O)[C@H]3CCCC[C@H]3C2=O)CC1. The third kappa shape index (κ3) is 3.94. The van der Waals surface area contributed by atoms with Crippen molar-refractivity contribution in [2.45, 2.75) is 45.1 Å². The monoisotopic (exact) mass is 454 g/mol. The Balaban J connectivity index is 1.13. The van der Waals surface area contributed by atoms with Crippen molar-refractivity contribution in [1.29, 1.82) is 0 Å². The molecule has 0 unspecified atom stereocenters. The zero-order valence-corrected chi connectivity index (χ0v) is 19.4. The highest BCUT2D eigenvalue weighted by molar-refractivity contribution is 7.18. The molecule has 2 saturated heterocycles. The minimum Gasteiger partial charge on any atom is -0.340 e. The smallest absolute Gasteiger partial charge is 0.233 e. The molecule has 1 aromatic heterocycles. The molecule has 3 heterocycles. The van der Waals surface area contributed by atoms with E-state index in [-0.39, 0.29) is 48.6 Å². The van der Waals surface area contributed by atoms with Gasteiger partial charge >= 0.3 is 0 Å². The van der Waals surface area contributed by atoms with Crippen LogP contribution in [0.5, 0.6) is 0 Å². The van der Waals surface area contributed by atoms with Gasteiger partial charge in [0, 0.05) is 39.1 Å². The summed E-state index contributed by atoms with van der Waals surface area (Å²) in [7, 11) is 0. The molecule has 1 saturated carbocycles. The summed E-state index contributed by atoms with van der Waals surface area (Å²) in [6, 6.07) is 8.41. The number of amides is 3. The summed E-state index contributed by atoms with van der Waals surface area (Å²) in [5.41, 5.74) is 1.04.